The number of hydrogen-bond acceptors (Lipinski definition) is 5. The highest BCUT2D eigenvalue weighted by Gasteiger charge is 2.30. The lowest BCUT2D eigenvalue weighted by molar-refractivity contribution is -0.180. The summed E-state index contributed by atoms with van der Waals surface area (Å²) in [5.74, 6) is 0.747. The van der Waals surface area contributed by atoms with Crippen LogP contribution in [0, 0.1) is 13.8 Å². The second-order valence-corrected chi connectivity index (χ2v) is 6.57. The van der Waals surface area contributed by atoms with E-state index in [4.69, 9.17) is 14.2 Å². The minimum absolute atomic E-state index is 0.121. The summed E-state index contributed by atoms with van der Waals surface area (Å²) in [6.45, 7) is 8.27. The lowest BCUT2D eigenvalue weighted by Gasteiger charge is -2.34. The van der Waals surface area contributed by atoms with Gasteiger partial charge >= 0.3 is 0 Å². The van der Waals surface area contributed by atoms with E-state index >= 15 is 0 Å². The molecule has 2 aromatic rings. The van der Waals surface area contributed by atoms with Crippen LogP contribution in [0.3, 0.4) is 0 Å². The standard InChI is InChI=1S/C20H23NO4/c1-12-15-11-24-20(3,4)25-19(15)13(2)21-16(12)8-6-14-7-9-17(22)18(10-14)23-5/h6-10,22H,11H2,1-5H3/b8-6+. The van der Waals surface area contributed by atoms with Crippen LogP contribution >= 0.6 is 0 Å². The first-order valence-corrected chi connectivity index (χ1v) is 8.19. The zero-order valence-electron chi connectivity index (χ0n) is 15.2. The minimum atomic E-state index is -0.633. The number of ether oxygens (including phenoxy) is 3. The Morgan fingerprint density at radius 2 is 2.00 bits per heavy atom. The van der Waals surface area contributed by atoms with Gasteiger partial charge in [-0.05, 0) is 43.2 Å². The second-order valence-electron chi connectivity index (χ2n) is 6.57. The quantitative estimate of drug-likeness (QED) is 0.905. The fourth-order valence-corrected chi connectivity index (χ4v) is 2.82. The molecule has 1 aromatic carbocycles. The zero-order valence-corrected chi connectivity index (χ0v) is 15.2. The molecule has 0 saturated carbocycles. The number of hydrogen-bond donors (Lipinski definition) is 1. The number of aryl methyl sites for hydroxylation is 1. The first-order chi connectivity index (χ1) is 11.8. The number of nitrogens with zero attached hydrogens (tertiary/aromatic N) is 1. The zero-order chi connectivity index (χ0) is 18.2. The van der Waals surface area contributed by atoms with Gasteiger partial charge in [0.25, 0.3) is 0 Å². The molecular formula is C20H23NO4. The third kappa shape index (κ3) is 3.46. The van der Waals surface area contributed by atoms with Crippen LogP contribution in [-0.2, 0) is 11.3 Å². The van der Waals surface area contributed by atoms with Crippen LogP contribution < -0.4 is 9.47 Å². The van der Waals surface area contributed by atoms with Gasteiger partial charge in [0.2, 0.25) is 5.79 Å². The van der Waals surface area contributed by atoms with Crippen LogP contribution in [0.2, 0.25) is 0 Å². The molecule has 1 N–H and O–H groups in total. The monoisotopic (exact) mass is 341 g/mol. The van der Waals surface area contributed by atoms with Crippen LogP contribution in [0.1, 0.15) is 41.9 Å². The van der Waals surface area contributed by atoms with Crippen LogP contribution in [0.25, 0.3) is 12.2 Å². The minimum Gasteiger partial charge on any atom is -0.504 e. The maximum absolute atomic E-state index is 9.69. The topological polar surface area (TPSA) is 60.8 Å². The molecule has 0 atom stereocenters. The largest absolute Gasteiger partial charge is 0.504 e. The number of fused-ring (bicyclic) bond motifs is 1. The molecule has 1 aliphatic rings. The summed E-state index contributed by atoms with van der Waals surface area (Å²) in [6.07, 6.45) is 3.89. The number of pyridine rings is 1. The van der Waals surface area contributed by atoms with Gasteiger partial charge < -0.3 is 19.3 Å². The third-order valence-corrected chi connectivity index (χ3v) is 4.28. The molecule has 3 rings (SSSR count). The average Bonchev–Trinajstić information content (AvgIpc) is 2.57. The van der Waals surface area contributed by atoms with Gasteiger partial charge in [-0.15, -0.1) is 0 Å². The lowest BCUT2D eigenvalue weighted by atomic mass is 10.0. The Hall–Kier alpha value is -2.53. The highest BCUT2D eigenvalue weighted by molar-refractivity contribution is 5.72. The van der Waals surface area contributed by atoms with Crippen molar-refractivity contribution in [3.8, 4) is 17.2 Å². The van der Waals surface area contributed by atoms with Crippen molar-refractivity contribution < 1.29 is 19.3 Å². The normalized spacial score (nSPS) is 15.7. The molecule has 0 fully saturated rings. The van der Waals surface area contributed by atoms with Crippen LogP contribution in [0.5, 0.6) is 17.2 Å². The van der Waals surface area contributed by atoms with Crippen molar-refractivity contribution in [1.29, 1.82) is 0 Å². The smallest absolute Gasteiger partial charge is 0.205 e. The highest BCUT2D eigenvalue weighted by Crippen LogP contribution is 2.36. The number of rotatable bonds is 3. The first-order valence-electron chi connectivity index (χ1n) is 8.19. The van der Waals surface area contributed by atoms with E-state index in [1.54, 1.807) is 12.1 Å². The van der Waals surface area contributed by atoms with Gasteiger partial charge in [0, 0.05) is 19.4 Å². The van der Waals surface area contributed by atoms with Gasteiger partial charge in [0.1, 0.15) is 5.75 Å². The molecule has 0 aliphatic carbocycles. The molecule has 5 heteroatoms. The van der Waals surface area contributed by atoms with Crippen molar-refractivity contribution in [2.75, 3.05) is 7.11 Å². The van der Waals surface area contributed by atoms with Crippen LogP contribution in [0.4, 0.5) is 0 Å². The van der Waals surface area contributed by atoms with E-state index in [1.165, 1.54) is 7.11 Å². The van der Waals surface area contributed by atoms with Crippen LogP contribution in [0.15, 0.2) is 18.2 Å². The molecule has 1 aliphatic heterocycles. The van der Waals surface area contributed by atoms with Crippen LogP contribution in [-0.4, -0.2) is 23.0 Å². The van der Waals surface area contributed by atoms with Gasteiger partial charge in [-0.1, -0.05) is 12.1 Å². The molecule has 0 saturated heterocycles. The fraction of sp³-hybridized carbons (Fsp3) is 0.350. The van der Waals surface area contributed by atoms with Gasteiger partial charge in [-0.2, -0.15) is 0 Å². The number of phenols is 1. The summed E-state index contributed by atoms with van der Waals surface area (Å²) in [7, 11) is 1.53. The van der Waals surface area contributed by atoms with Crippen molar-refractivity contribution in [2.45, 2.75) is 40.1 Å². The molecule has 0 bridgehead atoms. The van der Waals surface area contributed by atoms with Gasteiger partial charge in [-0.25, -0.2) is 4.98 Å². The summed E-state index contributed by atoms with van der Waals surface area (Å²) >= 11 is 0. The Bertz CT molecular complexity index is 840. The molecule has 132 valence electrons. The fourth-order valence-electron chi connectivity index (χ4n) is 2.82. The predicted octanol–water partition coefficient (Wildman–Crippen LogP) is 4.23. The number of methoxy groups -OCH3 is 1. The Kier molecular flexibility index (Phi) is 4.43. The third-order valence-electron chi connectivity index (χ3n) is 4.28. The first kappa shape index (κ1) is 17.3. The summed E-state index contributed by atoms with van der Waals surface area (Å²) in [5.41, 5.74) is 4.71. The van der Waals surface area contributed by atoms with E-state index in [1.807, 2.05) is 45.9 Å². The van der Waals surface area contributed by atoms with E-state index in [0.717, 1.165) is 33.8 Å². The van der Waals surface area contributed by atoms with Crippen molar-refractivity contribution in [3.63, 3.8) is 0 Å². The number of aromatic nitrogens is 1. The molecule has 1 aromatic heterocycles. The average molecular weight is 341 g/mol. The molecule has 0 radical (unpaired) electrons. The Balaban J connectivity index is 1.95. The van der Waals surface area contributed by atoms with E-state index in [0.29, 0.717) is 12.4 Å². The van der Waals surface area contributed by atoms with E-state index in [2.05, 4.69) is 4.98 Å². The van der Waals surface area contributed by atoms with Crippen molar-refractivity contribution >= 4 is 12.2 Å². The number of aromatic hydroxyl groups is 1. The number of benzene rings is 1. The summed E-state index contributed by atoms with van der Waals surface area (Å²) < 4.78 is 16.9. The molecule has 0 unspecified atom stereocenters. The number of phenolic OH excluding ortho intramolecular Hbond substituents is 1. The maximum atomic E-state index is 9.69. The summed E-state index contributed by atoms with van der Waals surface area (Å²) in [4.78, 5) is 4.68. The van der Waals surface area contributed by atoms with E-state index in [9.17, 15) is 5.11 Å². The summed E-state index contributed by atoms with van der Waals surface area (Å²) in [6, 6.07) is 5.21. The Morgan fingerprint density at radius 1 is 1.24 bits per heavy atom. The van der Waals surface area contributed by atoms with Crippen molar-refractivity contribution in [3.05, 3.63) is 46.3 Å². The lowest BCUT2D eigenvalue weighted by Crippen LogP contribution is -2.36. The van der Waals surface area contributed by atoms with Gasteiger partial charge in [0.05, 0.1) is 25.1 Å². The molecular weight excluding hydrogens is 318 g/mol. The Labute approximate surface area is 147 Å². The van der Waals surface area contributed by atoms with E-state index in [-0.39, 0.29) is 5.75 Å². The van der Waals surface area contributed by atoms with Gasteiger partial charge in [0.15, 0.2) is 11.5 Å². The maximum Gasteiger partial charge on any atom is 0.205 e. The van der Waals surface area contributed by atoms with Crippen molar-refractivity contribution in [1.82, 2.24) is 4.98 Å². The van der Waals surface area contributed by atoms with Crippen molar-refractivity contribution in [2.24, 2.45) is 0 Å². The molecule has 0 amide bonds. The molecule has 2 heterocycles. The van der Waals surface area contributed by atoms with E-state index < -0.39 is 5.79 Å². The highest BCUT2D eigenvalue weighted by atomic mass is 16.7. The molecule has 5 nitrogen and oxygen atoms in total. The Morgan fingerprint density at radius 3 is 2.72 bits per heavy atom. The summed E-state index contributed by atoms with van der Waals surface area (Å²) in [5, 5.41) is 9.69. The van der Waals surface area contributed by atoms with Gasteiger partial charge in [-0.3, -0.25) is 0 Å². The second kappa shape index (κ2) is 6.41. The molecule has 25 heavy (non-hydrogen) atoms. The molecule has 0 spiro atoms. The SMILES string of the molecule is COc1cc(/C=C/c2nc(C)c3c(c2C)COC(C)(C)O3)ccc1O. The predicted molar refractivity (Wildman–Crippen MR) is 96.8 cm³/mol.